The zero-order chi connectivity index (χ0) is 22.3. The number of ketones is 1. The van der Waals surface area contributed by atoms with Crippen LogP contribution in [0.4, 0.5) is 11.4 Å². The van der Waals surface area contributed by atoms with Crippen molar-refractivity contribution in [2.45, 2.75) is 45.4 Å². The molecule has 0 aromatic heterocycles. The van der Waals surface area contributed by atoms with Gasteiger partial charge in [0, 0.05) is 35.3 Å². The third kappa shape index (κ3) is 4.21. The molecule has 0 bridgehead atoms. The Hall–Kier alpha value is -2.59. The zero-order valence-electron chi connectivity index (χ0n) is 19.4. The Morgan fingerprint density at radius 3 is 2.50 bits per heavy atom. The maximum atomic E-state index is 12.6. The molecule has 3 aliphatic rings. The van der Waals surface area contributed by atoms with Crippen molar-refractivity contribution in [3.8, 4) is 5.75 Å². The quantitative estimate of drug-likeness (QED) is 0.642. The molecular formula is C28H33N2O2. The van der Waals surface area contributed by atoms with E-state index >= 15 is 0 Å². The first kappa shape index (κ1) is 21.3. The minimum atomic E-state index is 0.0899. The van der Waals surface area contributed by atoms with E-state index in [1.807, 2.05) is 18.2 Å². The Morgan fingerprint density at radius 1 is 1.06 bits per heavy atom. The van der Waals surface area contributed by atoms with Gasteiger partial charge in [-0.25, -0.2) is 0 Å². The van der Waals surface area contributed by atoms with Crippen LogP contribution in [0.2, 0.25) is 0 Å². The molecule has 0 amide bonds. The van der Waals surface area contributed by atoms with Crippen LogP contribution >= 0.6 is 0 Å². The predicted octanol–water partition coefficient (Wildman–Crippen LogP) is 5.68. The summed E-state index contributed by atoms with van der Waals surface area (Å²) in [6, 6.07) is 16.8. The number of carbonyl (C=O) groups excluding carboxylic acids is 1. The van der Waals surface area contributed by atoms with Gasteiger partial charge in [-0.05, 0) is 67.3 Å². The van der Waals surface area contributed by atoms with Gasteiger partial charge in [-0.3, -0.25) is 4.79 Å². The second-order valence-electron chi connectivity index (χ2n) is 10.5. The number of ether oxygens (including phenoxy) is 1. The van der Waals surface area contributed by atoms with E-state index in [-0.39, 0.29) is 10.8 Å². The number of fused-ring (bicyclic) bond motifs is 2. The highest BCUT2D eigenvalue weighted by Gasteiger charge is 2.44. The molecule has 32 heavy (non-hydrogen) atoms. The maximum absolute atomic E-state index is 12.6. The molecule has 1 spiro atoms. The Balaban J connectivity index is 1.18. The summed E-state index contributed by atoms with van der Waals surface area (Å²) in [5, 5.41) is 3.52. The van der Waals surface area contributed by atoms with Crippen LogP contribution in [0.5, 0.6) is 5.75 Å². The van der Waals surface area contributed by atoms with Gasteiger partial charge in [0.05, 0.1) is 12.5 Å². The molecule has 1 aliphatic carbocycles. The molecule has 1 saturated heterocycles. The second-order valence-corrected chi connectivity index (χ2v) is 10.5. The third-order valence-corrected chi connectivity index (χ3v) is 7.19. The van der Waals surface area contributed by atoms with E-state index in [0.717, 1.165) is 62.1 Å². The lowest BCUT2D eigenvalue weighted by atomic mass is 9.74. The van der Waals surface area contributed by atoms with E-state index in [1.54, 1.807) is 0 Å². The number of hydrogen-bond acceptors (Lipinski definition) is 4. The van der Waals surface area contributed by atoms with E-state index in [1.165, 1.54) is 11.1 Å². The second kappa shape index (κ2) is 8.08. The number of benzene rings is 2. The molecule has 2 aromatic carbocycles. The first-order valence-electron chi connectivity index (χ1n) is 11.8. The molecule has 2 heterocycles. The Kier molecular flexibility index (Phi) is 5.37. The SMILES string of the molecule is CC(C)(C)C1=C[C]1C(=O)CCN1CCC2(CC1)COc1ccc(Nc3ccccc3)cc12. The van der Waals surface area contributed by atoms with E-state index in [2.05, 4.69) is 67.4 Å². The van der Waals surface area contributed by atoms with Crippen LogP contribution < -0.4 is 10.1 Å². The number of likely N-dealkylation sites (tertiary alicyclic amines) is 1. The third-order valence-electron chi connectivity index (χ3n) is 7.19. The number of anilines is 2. The predicted molar refractivity (Wildman–Crippen MR) is 129 cm³/mol. The van der Waals surface area contributed by atoms with E-state index in [9.17, 15) is 4.79 Å². The number of Topliss-reactive ketones (excluding diaryl/α,β-unsaturated/α-hetero) is 1. The molecule has 167 valence electrons. The fraction of sp³-hybridized carbons (Fsp3) is 0.429. The van der Waals surface area contributed by atoms with Crippen LogP contribution in [0.15, 0.2) is 60.2 Å². The van der Waals surface area contributed by atoms with E-state index < -0.39 is 0 Å². The van der Waals surface area contributed by atoms with Gasteiger partial charge in [0.1, 0.15) is 11.5 Å². The number of carbonyl (C=O) groups is 1. The lowest BCUT2D eigenvalue weighted by Crippen LogP contribution is -2.44. The van der Waals surface area contributed by atoms with Crippen molar-refractivity contribution in [1.82, 2.24) is 4.90 Å². The first-order valence-corrected chi connectivity index (χ1v) is 11.8. The van der Waals surface area contributed by atoms with Crippen LogP contribution in [0.25, 0.3) is 0 Å². The molecule has 2 aromatic rings. The number of para-hydroxylation sites is 1. The van der Waals surface area contributed by atoms with Gasteiger partial charge in [-0.1, -0.05) is 45.0 Å². The molecule has 1 radical (unpaired) electrons. The van der Waals surface area contributed by atoms with Crippen LogP contribution in [0.1, 0.15) is 45.6 Å². The Bertz CT molecular complexity index is 1030. The van der Waals surface area contributed by atoms with Crippen molar-refractivity contribution >= 4 is 17.2 Å². The van der Waals surface area contributed by atoms with Gasteiger partial charge >= 0.3 is 0 Å². The molecule has 0 unspecified atom stereocenters. The molecule has 1 fully saturated rings. The number of nitrogens with zero attached hydrogens (tertiary/aromatic N) is 1. The average Bonchev–Trinajstić information content (AvgIpc) is 3.54. The average molecular weight is 430 g/mol. The van der Waals surface area contributed by atoms with Crippen LogP contribution in [-0.4, -0.2) is 36.9 Å². The molecule has 0 atom stereocenters. The summed E-state index contributed by atoms with van der Waals surface area (Å²) in [6.45, 7) is 10.2. The fourth-order valence-corrected chi connectivity index (χ4v) is 5.10. The largest absolute Gasteiger partial charge is 0.492 e. The molecular weight excluding hydrogens is 396 g/mol. The van der Waals surface area contributed by atoms with Crippen molar-refractivity contribution in [3.05, 3.63) is 71.7 Å². The van der Waals surface area contributed by atoms with E-state index in [4.69, 9.17) is 4.74 Å². The van der Waals surface area contributed by atoms with Crippen molar-refractivity contribution in [2.75, 3.05) is 31.6 Å². The normalized spacial score (nSPS) is 19.9. The standard InChI is InChI=1S/C28H33N2O2/c1-27(2,3)23-18-22(23)25(31)11-14-30-15-12-28(13-16-30)19-32-26-10-9-21(17-24(26)28)29-20-7-5-4-6-8-20/h4-10,17-18,29H,11-16,19H2,1-3H3. The van der Waals surface area contributed by atoms with Gasteiger partial charge in [-0.2, -0.15) is 0 Å². The molecule has 4 nitrogen and oxygen atoms in total. The molecule has 2 aliphatic heterocycles. The van der Waals surface area contributed by atoms with Gasteiger partial charge < -0.3 is 15.0 Å². The minimum absolute atomic E-state index is 0.0899. The van der Waals surface area contributed by atoms with Gasteiger partial charge in [0.25, 0.3) is 0 Å². The van der Waals surface area contributed by atoms with Gasteiger partial charge in [0.15, 0.2) is 0 Å². The molecule has 5 rings (SSSR count). The smallest absolute Gasteiger partial charge is 0.149 e. The molecule has 4 heteroatoms. The van der Waals surface area contributed by atoms with Crippen molar-refractivity contribution in [1.29, 1.82) is 0 Å². The summed E-state index contributed by atoms with van der Waals surface area (Å²) in [5.41, 5.74) is 4.96. The minimum Gasteiger partial charge on any atom is -0.492 e. The maximum Gasteiger partial charge on any atom is 0.149 e. The first-order chi connectivity index (χ1) is 15.3. The number of piperidine rings is 1. The van der Waals surface area contributed by atoms with Gasteiger partial charge in [-0.15, -0.1) is 0 Å². The number of allylic oxidation sites excluding steroid dienone is 2. The summed E-state index contributed by atoms with van der Waals surface area (Å²) < 4.78 is 6.10. The number of hydrogen-bond donors (Lipinski definition) is 1. The lowest BCUT2D eigenvalue weighted by Gasteiger charge is -2.38. The summed E-state index contributed by atoms with van der Waals surface area (Å²) in [6.07, 6.45) is 4.84. The Morgan fingerprint density at radius 2 is 1.81 bits per heavy atom. The van der Waals surface area contributed by atoms with Gasteiger partial charge in [0.2, 0.25) is 0 Å². The lowest BCUT2D eigenvalue weighted by molar-refractivity contribution is -0.116. The van der Waals surface area contributed by atoms with Crippen LogP contribution in [0.3, 0.4) is 0 Å². The van der Waals surface area contributed by atoms with Crippen molar-refractivity contribution in [2.24, 2.45) is 5.41 Å². The number of nitrogens with one attached hydrogen (secondary N) is 1. The summed E-state index contributed by atoms with van der Waals surface area (Å²) >= 11 is 0. The summed E-state index contributed by atoms with van der Waals surface area (Å²) in [7, 11) is 0. The Labute approximate surface area is 191 Å². The number of rotatable bonds is 6. The molecule has 0 saturated carbocycles. The van der Waals surface area contributed by atoms with E-state index in [0.29, 0.717) is 12.2 Å². The van der Waals surface area contributed by atoms with Crippen LogP contribution in [-0.2, 0) is 10.2 Å². The highest BCUT2D eigenvalue weighted by atomic mass is 16.5. The fourth-order valence-electron chi connectivity index (χ4n) is 5.10. The zero-order valence-corrected chi connectivity index (χ0v) is 19.4. The highest BCUT2D eigenvalue weighted by molar-refractivity contribution is 6.04. The summed E-state index contributed by atoms with van der Waals surface area (Å²) in [4.78, 5) is 15.0. The van der Waals surface area contributed by atoms with Crippen molar-refractivity contribution < 1.29 is 9.53 Å². The highest BCUT2D eigenvalue weighted by Crippen LogP contribution is 2.47. The summed E-state index contributed by atoms with van der Waals surface area (Å²) in [5.74, 6) is 2.31. The van der Waals surface area contributed by atoms with Crippen molar-refractivity contribution in [3.63, 3.8) is 0 Å². The van der Waals surface area contributed by atoms with Crippen LogP contribution in [0, 0.1) is 11.3 Å². The topological polar surface area (TPSA) is 41.6 Å². The molecule has 1 N–H and O–H groups in total. The monoisotopic (exact) mass is 429 g/mol.